The molecule has 0 radical (unpaired) electrons. The first-order valence-corrected chi connectivity index (χ1v) is 11.3. The van der Waals surface area contributed by atoms with Crippen molar-refractivity contribution in [1.29, 1.82) is 0 Å². The molecule has 2 aliphatic rings. The van der Waals surface area contributed by atoms with Crippen molar-refractivity contribution >= 4 is 17.7 Å². The van der Waals surface area contributed by atoms with Crippen molar-refractivity contribution in [3.05, 3.63) is 65.2 Å². The van der Waals surface area contributed by atoms with E-state index in [2.05, 4.69) is 59.7 Å². The van der Waals surface area contributed by atoms with Crippen LogP contribution >= 0.6 is 11.8 Å². The van der Waals surface area contributed by atoms with Gasteiger partial charge in [-0.2, -0.15) is 0 Å². The van der Waals surface area contributed by atoms with Crippen LogP contribution in [0.5, 0.6) is 0 Å². The quantitative estimate of drug-likeness (QED) is 0.824. The molecule has 0 saturated carbocycles. The first-order valence-electron chi connectivity index (χ1n) is 10.0. The first kappa shape index (κ1) is 18.6. The monoisotopic (exact) mass is 381 g/mol. The van der Waals surface area contributed by atoms with Crippen molar-refractivity contribution in [2.75, 3.05) is 25.9 Å². The number of hydrogen-bond donors (Lipinski definition) is 1. The summed E-state index contributed by atoms with van der Waals surface area (Å²) in [5, 5.41) is 0. The maximum atomic E-state index is 13.2. The largest absolute Gasteiger partial charge is 0.338 e. The molecule has 3 nitrogen and oxygen atoms in total. The second kappa shape index (κ2) is 8.49. The molecule has 2 heterocycles. The van der Waals surface area contributed by atoms with E-state index in [4.69, 9.17) is 0 Å². The summed E-state index contributed by atoms with van der Waals surface area (Å²) in [4.78, 5) is 18.1. The summed E-state index contributed by atoms with van der Waals surface area (Å²) in [7, 11) is 0. The maximum absolute atomic E-state index is 13.2. The fourth-order valence-corrected chi connectivity index (χ4v) is 4.90. The number of carbonyl (C=O) groups excluding carboxylic acids is 1. The minimum absolute atomic E-state index is 0.185. The zero-order valence-corrected chi connectivity index (χ0v) is 16.9. The molecule has 0 aromatic heterocycles. The number of rotatable bonds is 4. The predicted molar refractivity (Wildman–Crippen MR) is 111 cm³/mol. The minimum atomic E-state index is 0.185. The molecule has 4 rings (SSSR count). The molecule has 1 amide bonds. The molecule has 27 heavy (non-hydrogen) atoms. The second-order valence-corrected chi connectivity index (χ2v) is 8.73. The van der Waals surface area contributed by atoms with Gasteiger partial charge in [-0.05, 0) is 48.8 Å². The van der Waals surface area contributed by atoms with Crippen LogP contribution in [0.4, 0.5) is 0 Å². The highest BCUT2D eigenvalue weighted by molar-refractivity contribution is 7.98. The van der Waals surface area contributed by atoms with E-state index < -0.39 is 0 Å². The molecular weight excluding hydrogens is 352 g/mol. The molecular formula is C23H29N2OS+. The van der Waals surface area contributed by atoms with Gasteiger partial charge in [-0.15, -0.1) is 11.8 Å². The highest BCUT2D eigenvalue weighted by atomic mass is 32.2. The Morgan fingerprint density at radius 1 is 1.15 bits per heavy atom. The Labute approximate surface area is 166 Å². The highest BCUT2D eigenvalue weighted by Gasteiger charge is 2.33. The predicted octanol–water partition coefficient (Wildman–Crippen LogP) is 2.79. The van der Waals surface area contributed by atoms with Crippen molar-refractivity contribution in [3.63, 3.8) is 0 Å². The van der Waals surface area contributed by atoms with Crippen LogP contribution in [0.2, 0.25) is 0 Å². The van der Waals surface area contributed by atoms with Crippen molar-refractivity contribution in [3.8, 4) is 0 Å². The lowest BCUT2D eigenvalue weighted by molar-refractivity contribution is -0.921. The molecule has 2 atom stereocenters. The van der Waals surface area contributed by atoms with Crippen molar-refractivity contribution in [1.82, 2.24) is 4.90 Å². The Balaban J connectivity index is 1.37. The Bertz CT molecular complexity index is 789. The number of quaternary nitrogens is 1. The molecule has 1 unspecified atom stereocenters. The molecule has 0 aliphatic carbocycles. The van der Waals surface area contributed by atoms with Gasteiger partial charge in [0.15, 0.2) is 0 Å². The maximum Gasteiger partial charge on any atom is 0.231 e. The third-order valence-electron chi connectivity index (χ3n) is 6.02. The second-order valence-electron chi connectivity index (χ2n) is 7.85. The molecule has 4 heteroatoms. The van der Waals surface area contributed by atoms with E-state index in [1.54, 1.807) is 16.7 Å². The molecule has 2 aromatic rings. The molecule has 0 bridgehead atoms. The van der Waals surface area contributed by atoms with Crippen molar-refractivity contribution in [2.45, 2.75) is 37.2 Å². The number of nitrogens with one attached hydrogen (secondary N) is 1. The number of thioether (sulfide) groups is 1. The third kappa shape index (κ3) is 4.39. The van der Waals surface area contributed by atoms with E-state index >= 15 is 0 Å². The Kier molecular flexibility index (Phi) is 5.84. The summed E-state index contributed by atoms with van der Waals surface area (Å²) >= 11 is 1.78. The molecule has 1 N–H and O–H groups in total. The van der Waals surface area contributed by atoms with Crippen LogP contribution in [0.3, 0.4) is 0 Å². The number of nitrogens with zero attached hydrogens (tertiary/aromatic N) is 1. The molecule has 2 aromatic carbocycles. The van der Waals surface area contributed by atoms with Gasteiger partial charge in [-0.25, -0.2) is 0 Å². The molecule has 1 fully saturated rings. The van der Waals surface area contributed by atoms with Gasteiger partial charge in [-0.3, -0.25) is 4.79 Å². The Morgan fingerprint density at radius 2 is 1.93 bits per heavy atom. The first-order chi connectivity index (χ1) is 13.2. The van der Waals surface area contributed by atoms with E-state index in [0.29, 0.717) is 5.91 Å². The SMILES string of the molecule is CSc1ccc(C[NH+]2CCC[C@H](C(=O)N3CCc4ccccc4C3)C2)cc1. The van der Waals surface area contributed by atoms with Gasteiger partial charge < -0.3 is 9.80 Å². The molecule has 2 aliphatic heterocycles. The molecule has 142 valence electrons. The summed E-state index contributed by atoms with van der Waals surface area (Å²) in [5.74, 6) is 0.559. The van der Waals surface area contributed by atoms with Crippen LogP contribution in [0, 0.1) is 5.92 Å². The third-order valence-corrected chi connectivity index (χ3v) is 6.77. The summed E-state index contributed by atoms with van der Waals surface area (Å²) in [6.45, 7) is 4.84. The normalized spacial score (nSPS) is 22.3. The van der Waals surface area contributed by atoms with E-state index in [1.807, 2.05) is 0 Å². The average Bonchev–Trinajstić information content (AvgIpc) is 2.73. The number of amides is 1. The van der Waals surface area contributed by atoms with Crippen LogP contribution < -0.4 is 4.90 Å². The van der Waals surface area contributed by atoms with Crippen molar-refractivity contribution in [2.24, 2.45) is 5.92 Å². The van der Waals surface area contributed by atoms with E-state index in [0.717, 1.165) is 45.4 Å². The van der Waals surface area contributed by atoms with E-state index in [9.17, 15) is 4.79 Å². The van der Waals surface area contributed by atoms with Crippen molar-refractivity contribution < 1.29 is 9.69 Å². The molecule has 1 saturated heterocycles. The fraction of sp³-hybridized carbons (Fsp3) is 0.435. The minimum Gasteiger partial charge on any atom is -0.338 e. The van der Waals surface area contributed by atoms with E-state index in [-0.39, 0.29) is 5.92 Å². The van der Waals surface area contributed by atoms with Crippen LogP contribution in [0.1, 0.15) is 29.5 Å². The smallest absolute Gasteiger partial charge is 0.231 e. The van der Waals surface area contributed by atoms with Gasteiger partial charge in [0, 0.05) is 23.5 Å². The van der Waals surface area contributed by atoms with Crippen LogP contribution in [0.25, 0.3) is 0 Å². The van der Waals surface area contributed by atoms with Gasteiger partial charge in [0.25, 0.3) is 0 Å². The fourth-order valence-electron chi connectivity index (χ4n) is 4.50. The number of fused-ring (bicyclic) bond motifs is 1. The van der Waals surface area contributed by atoms with Crippen LogP contribution in [-0.4, -0.2) is 36.7 Å². The zero-order valence-electron chi connectivity index (χ0n) is 16.1. The summed E-state index contributed by atoms with van der Waals surface area (Å²) < 4.78 is 0. The standard InChI is InChI=1S/C23H28N2OS/c1-27-22-10-8-18(9-11-22)15-24-13-4-7-21(16-24)23(26)25-14-12-19-5-2-3-6-20(19)17-25/h2-3,5-6,8-11,21H,4,7,12-17H2,1H3/p+1/t21-/m0/s1. The lowest BCUT2D eigenvalue weighted by Gasteiger charge is -2.35. The molecule has 0 spiro atoms. The van der Waals surface area contributed by atoms with E-state index in [1.165, 1.54) is 28.1 Å². The highest BCUT2D eigenvalue weighted by Crippen LogP contribution is 2.22. The van der Waals surface area contributed by atoms with Gasteiger partial charge in [-0.1, -0.05) is 36.4 Å². The Morgan fingerprint density at radius 3 is 2.70 bits per heavy atom. The lowest BCUT2D eigenvalue weighted by atomic mass is 9.93. The topological polar surface area (TPSA) is 24.8 Å². The number of likely N-dealkylation sites (tertiary alicyclic amines) is 1. The summed E-state index contributed by atoms with van der Waals surface area (Å²) in [6, 6.07) is 17.5. The van der Waals surface area contributed by atoms with Gasteiger partial charge in [0.2, 0.25) is 5.91 Å². The van der Waals surface area contributed by atoms with Gasteiger partial charge in [0.05, 0.1) is 19.0 Å². The number of carbonyl (C=O) groups is 1. The van der Waals surface area contributed by atoms with Gasteiger partial charge >= 0.3 is 0 Å². The zero-order chi connectivity index (χ0) is 18.6. The van der Waals surface area contributed by atoms with Crippen LogP contribution in [-0.2, 0) is 24.3 Å². The average molecular weight is 382 g/mol. The summed E-state index contributed by atoms with van der Waals surface area (Å²) in [6.07, 6.45) is 5.30. The number of hydrogen-bond acceptors (Lipinski definition) is 2. The lowest BCUT2D eigenvalue weighted by Crippen LogP contribution is -3.12. The number of piperidine rings is 1. The number of benzene rings is 2. The Hall–Kier alpha value is -1.78. The van der Waals surface area contributed by atoms with Gasteiger partial charge in [0.1, 0.15) is 6.54 Å². The summed E-state index contributed by atoms with van der Waals surface area (Å²) in [5.41, 5.74) is 4.11. The van der Waals surface area contributed by atoms with Crippen LogP contribution in [0.15, 0.2) is 53.4 Å².